The quantitative estimate of drug-likeness (QED) is 0.835. The predicted octanol–water partition coefficient (Wildman–Crippen LogP) is 2.35. The molecule has 1 N–H and O–H groups in total. The maximum absolute atomic E-state index is 13.3. The summed E-state index contributed by atoms with van der Waals surface area (Å²) in [5.41, 5.74) is -1.17. The molecule has 1 aromatic heterocycles. The summed E-state index contributed by atoms with van der Waals surface area (Å²) in [7, 11) is 1.11. The van der Waals surface area contributed by atoms with E-state index in [4.69, 9.17) is 4.74 Å². The van der Waals surface area contributed by atoms with E-state index in [-0.39, 0.29) is 5.82 Å². The Kier molecular flexibility index (Phi) is 4.42. The molecule has 0 aliphatic heterocycles. The summed E-state index contributed by atoms with van der Waals surface area (Å²) in [6.45, 7) is 5.10. The number of amides is 1. The van der Waals surface area contributed by atoms with Gasteiger partial charge in [0.2, 0.25) is 0 Å². The van der Waals surface area contributed by atoms with Gasteiger partial charge < -0.3 is 9.47 Å². The molecule has 6 nitrogen and oxygen atoms in total. The molecule has 1 heterocycles. The average molecular weight is 270 g/mol. The number of carbonyl (C=O) groups is 2. The number of rotatable bonds is 2. The van der Waals surface area contributed by atoms with Crippen LogP contribution in [0, 0.1) is 5.82 Å². The fourth-order valence-electron chi connectivity index (χ4n) is 1.16. The van der Waals surface area contributed by atoms with Crippen LogP contribution in [-0.2, 0) is 9.47 Å². The van der Waals surface area contributed by atoms with Crippen LogP contribution in [0.5, 0.6) is 0 Å². The van der Waals surface area contributed by atoms with Crippen LogP contribution in [0.4, 0.5) is 15.0 Å². The van der Waals surface area contributed by atoms with Crippen molar-refractivity contribution in [1.29, 1.82) is 0 Å². The highest BCUT2D eigenvalue weighted by atomic mass is 19.1. The Bertz CT molecular complexity index is 497. The molecule has 0 bridgehead atoms. The smallest absolute Gasteiger partial charge is 0.413 e. The van der Waals surface area contributed by atoms with Gasteiger partial charge in [0, 0.05) is 0 Å². The van der Waals surface area contributed by atoms with Crippen molar-refractivity contribution < 1.29 is 23.5 Å². The van der Waals surface area contributed by atoms with E-state index >= 15 is 0 Å². The molecule has 0 aromatic carbocycles. The van der Waals surface area contributed by atoms with Crippen molar-refractivity contribution in [2.24, 2.45) is 0 Å². The van der Waals surface area contributed by atoms with Crippen LogP contribution in [0.3, 0.4) is 0 Å². The van der Waals surface area contributed by atoms with Gasteiger partial charge in [-0.05, 0) is 32.9 Å². The van der Waals surface area contributed by atoms with Gasteiger partial charge in [-0.1, -0.05) is 0 Å². The van der Waals surface area contributed by atoms with Crippen molar-refractivity contribution in [2.75, 3.05) is 12.4 Å². The monoisotopic (exact) mass is 270 g/mol. The minimum atomic E-state index is -0.926. The molecule has 1 aromatic rings. The normalized spacial score (nSPS) is 10.8. The number of anilines is 1. The largest absolute Gasteiger partial charge is 0.464 e. The first kappa shape index (κ1) is 14.9. The predicted molar refractivity (Wildman–Crippen MR) is 65.4 cm³/mol. The Morgan fingerprint density at radius 1 is 1.32 bits per heavy atom. The van der Waals surface area contributed by atoms with E-state index in [0.29, 0.717) is 0 Å². The highest BCUT2D eigenvalue weighted by molar-refractivity contribution is 5.89. The molecule has 0 fully saturated rings. The summed E-state index contributed by atoms with van der Waals surface area (Å²) >= 11 is 0. The Labute approximate surface area is 109 Å². The molecule has 0 aliphatic carbocycles. The summed E-state index contributed by atoms with van der Waals surface area (Å²) in [5.74, 6) is -1.76. The van der Waals surface area contributed by atoms with E-state index in [2.05, 4.69) is 15.0 Å². The lowest BCUT2D eigenvalue weighted by atomic mass is 10.2. The molecule has 0 saturated heterocycles. The molecule has 7 heteroatoms. The molecule has 0 radical (unpaired) electrons. The van der Waals surface area contributed by atoms with Gasteiger partial charge in [0.15, 0.2) is 11.5 Å². The second-order valence-electron chi connectivity index (χ2n) is 4.65. The number of nitrogens with zero attached hydrogens (tertiary/aromatic N) is 1. The molecule has 0 unspecified atom stereocenters. The Morgan fingerprint density at radius 2 is 1.95 bits per heavy atom. The molecule has 104 valence electrons. The van der Waals surface area contributed by atoms with Crippen molar-refractivity contribution in [1.82, 2.24) is 4.98 Å². The fourth-order valence-corrected chi connectivity index (χ4v) is 1.16. The number of methoxy groups -OCH3 is 1. The number of halogens is 1. The first-order valence-electron chi connectivity index (χ1n) is 5.48. The topological polar surface area (TPSA) is 77.5 Å². The highest BCUT2D eigenvalue weighted by Gasteiger charge is 2.19. The molecule has 1 rings (SSSR count). The lowest BCUT2D eigenvalue weighted by Crippen LogP contribution is -2.27. The van der Waals surface area contributed by atoms with Gasteiger partial charge in [-0.15, -0.1) is 0 Å². The van der Waals surface area contributed by atoms with Crippen LogP contribution in [-0.4, -0.2) is 29.8 Å². The second kappa shape index (κ2) is 5.64. The molecular weight excluding hydrogens is 255 g/mol. The van der Waals surface area contributed by atoms with Crippen molar-refractivity contribution in [2.45, 2.75) is 26.4 Å². The fraction of sp³-hybridized carbons (Fsp3) is 0.417. The zero-order valence-electron chi connectivity index (χ0n) is 11.1. The molecular formula is C12H15FN2O4. The Hall–Kier alpha value is -2.18. The minimum Gasteiger partial charge on any atom is -0.464 e. The molecule has 0 saturated carbocycles. The van der Waals surface area contributed by atoms with Gasteiger partial charge in [0.25, 0.3) is 0 Å². The van der Waals surface area contributed by atoms with Crippen LogP contribution in [0.2, 0.25) is 0 Å². The summed E-state index contributed by atoms with van der Waals surface area (Å²) in [5, 5.41) is 2.30. The van der Waals surface area contributed by atoms with Crippen molar-refractivity contribution in [3.63, 3.8) is 0 Å². The molecule has 19 heavy (non-hydrogen) atoms. The molecule has 0 atom stereocenters. The van der Waals surface area contributed by atoms with E-state index in [1.807, 2.05) is 0 Å². The van der Waals surface area contributed by atoms with Gasteiger partial charge in [-0.2, -0.15) is 0 Å². The van der Waals surface area contributed by atoms with Gasteiger partial charge in [0.1, 0.15) is 11.4 Å². The Morgan fingerprint density at radius 3 is 2.47 bits per heavy atom. The standard InChI is InChI=1S/C12H15FN2O4/c1-12(2,3)19-11(17)15-8-6-5-7(13)9(14-8)10(16)18-4/h5-6H,1-4H3,(H,14,15,17). The van der Waals surface area contributed by atoms with E-state index in [1.165, 1.54) is 6.07 Å². The van der Waals surface area contributed by atoms with Crippen molar-refractivity contribution >= 4 is 17.9 Å². The molecule has 1 amide bonds. The van der Waals surface area contributed by atoms with E-state index < -0.39 is 29.2 Å². The minimum absolute atomic E-state index is 0.00366. The number of nitrogens with one attached hydrogen (secondary N) is 1. The second-order valence-corrected chi connectivity index (χ2v) is 4.65. The third-order valence-corrected chi connectivity index (χ3v) is 1.85. The van der Waals surface area contributed by atoms with Gasteiger partial charge in [-0.3, -0.25) is 5.32 Å². The third kappa shape index (κ3) is 4.53. The summed E-state index contributed by atoms with van der Waals surface area (Å²) in [6, 6.07) is 2.22. The van der Waals surface area contributed by atoms with E-state index in [0.717, 1.165) is 13.2 Å². The van der Waals surface area contributed by atoms with E-state index in [1.54, 1.807) is 20.8 Å². The first-order valence-corrected chi connectivity index (χ1v) is 5.48. The number of hydrogen-bond acceptors (Lipinski definition) is 5. The van der Waals surface area contributed by atoms with Crippen LogP contribution in [0.1, 0.15) is 31.3 Å². The SMILES string of the molecule is COC(=O)c1nc(NC(=O)OC(C)(C)C)ccc1F. The van der Waals surface area contributed by atoms with Crippen LogP contribution in [0.25, 0.3) is 0 Å². The number of esters is 1. The molecule has 0 aliphatic rings. The van der Waals surface area contributed by atoms with Crippen LogP contribution in [0.15, 0.2) is 12.1 Å². The maximum atomic E-state index is 13.3. The zero-order valence-corrected chi connectivity index (χ0v) is 11.1. The van der Waals surface area contributed by atoms with Crippen LogP contribution < -0.4 is 5.32 Å². The number of carbonyl (C=O) groups excluding carboxylic acids is 2. The van der Waals surface area contributed by atoms with Crippen molar-refractivity contribution in [3.8, 4) is 0 Å². The summed E-state index contributed by atoms with van der Waals surface area (Å²) < 4.78 is 22.7. The molecule has 0 spiro atoms. The maximum Gasteiger partial charge on any atom is 0.413 e. The zero-order chi connectivity index (χ0) is 14.6. The van der Waals surface area contributed by atoms with Crippen LogP contribution >= 0.6 is 0 Å². The van der Waals surface area contributed by atoms with Gasteiger partial charge in [0.05, 0.1) is 7.11 Å². The van der Waals surface area contributed by atoms with Crippen molar-refractivity contribution in [3.05, 3.63) is 23.6 Å². The number of ether oxygens (including phenoxy) is 2. The van der Waals surface area contributed by atoms with E-state index in [9.17, 15) is 14.0 Å². The summed E-state index contributed by atoms with van der Waals surface area (Å²) in [4.78, 5) is 26.4. The number of hydrogen-bond donors (Lipinski definition) is 1. The first-order chi connectivity index (χ1) is 8.73. The lowest BCUT2D eigenvalue weighted by Gasteiger charge is -2.19. The summed E-state index contributed by atoms with van der Waals surface area (Å²) in [6.07, 6.45) is -0.748. The lowest BCUT2D eigenvalue weighted by molar-refractivity contribution is 0.0583. The van der Waals surface area contributed by atoms with Gasteiger partial charge >= 0.3 is 12.1 Å². The highest BCUT2D eigenvalue weighted by Crippen LogP contribution is 2.13. The van der Waals surface area contributed by atoms with Gasteiger partial charge in [-0.25, -0.2) is 19.0 Å². The number of aromatic nitrogens is 1. The average Bonchev–Trinajstić information content (AvgIpc) is 2.28. The third-order valence-electron chi connectivity index (χ3n) is 1.85. The Balaban J connectivity index is 2.86. The number of pyridine rings is 1.